The molecule has 3 rings (SSSR count). The minimum absolute atomic E-state index is 0.0542. The summed E-state index contributed by atoms with van der Waals surface area (Å²) in [6, 6.07) is 5.67. The van der Waals surface area contributed by atoms with Crippen molar-refractivity contribution >= 4 is 28.4 Å². The first-order chi connectivity index (χ1) is 11.1. The number of nitro benzene ring substituents is 1. The molecule has 116 valence electrons. The summed E-state index contributed by atoms with van der Waals surface area (Å²) in [6.07, 6.45) is 2.87. The van der Waals surface area contributed by atoms with Crippen LogP contribution in [0, 0.1) is 10.1 Å². The molecule has 0 bridgehead atoms. The highest BCUT2D eigenvalue weighted by atomic mass is 16.6. The van der Waals surface area contributed by atoms with E-state index in [0.29, 0.717) is 16.9 Å². The third-order valence-electron chi connectivity index (χ3n) is 3.17. The maximum absolute atomic E-state index is 12.1. The summed E-state index contributed by atoms with van der Waals surface area (Å²) < 4.78 is 1.56. The first-order valence-corrected chi connectivity index (χ1v) is 6.50. The lowest BCUT2D eigenvalue weighted by Gasteiger charge is -2.08. The number of anilines is 1. The van der Waals surface area contributed by atoms with Gasteiger partial charge < -0.3 is 0 Å². The molecule has 1 aromatic carbocycles. The summed E-state index contributed by atoms with van der Waals surface area (Å²) in [6.45, 7) is 0. The highest BCUT2D eigenvalue weighted by molar-refractivity contribution is 5.99. The standard InChI is InChI=1S/C13H11N7O3/c1-19-12-9(6-16-19)11(14-7-15-12)17-18-13(21)8-4-2-3-5-10(8)20(22)23/h2-7H,1H3,(H,18,21)(H,14,15,17). The Bertz CT molecular complexity index is 905. The number of aryl methyl sites for hydroxylation is 1. The van der Waals surface area contributed by atoms with E-state index in [2.05, 4.69) is 25.9 Å². The molecule has 10 nitrogen and oxygen atoms in total. The van der Waals surface area contributed by atoms with Crippen LogP contribution in [-0.4, -0.2) is 30.6 Å². The normalized spacial score (nSPS) is 10.5. The third-order valence-corrected chi connectivity index (χ3v) is 3.17. The molecule has 2 heterocycles. The Morgan fingerprint density at radius 3 is 2.87 bits per heavy atom. The number of para-hydroxylation sites is 1. The van der Waals surface area contributed by atoms with Crippen molar-refractivity contribution in [2.24, 2.45) is 7.05 Å². The van der Waals surface area contributed by atoms with Crippen LogP contribution in [0.25, 0.3) is 11.0 Å². The Kier molecular flexibility index (Phi) is 3.55. The van der Waals surface area contributed by atoms with Gasteiger partial charge in [-0.15, -0.1) is 0 Å². The predicted molar refractivity (Wildman–Crippen MR) is 80.5 cm³/mol. The van der Waals surface area contributed by atoms with Crippen molar-refractivity contribution in [1.82, 2.24) is 25.2 Å². The van der Waals surface area contributed by atoms with Crippen molar-refractivity contribution in [3.8, 4) is 0 Å². The van der Waals surface area contributed by atoms with E-state index in [-0.39, 0.29) is 11.3 Å². The second-order valence-electron chi connectivity index (χ2n) is 4.58. The number of nitrogens with zero attached hydrogens (tertiary/aromatic N) is 5. The number of aromatic nitrogens is 4. The average Bonchev–Trinajstić information content (AvgIpc) is 2.94. The molecule has 0 spiro atoms. The van der Waals surface area contributed by atoms with Crippen LogP contribution >= 0.6 is 0 Å². The van der Waals surface area contributed by atoms with Crippen molar-refractivity contribution in [3.63, 3.8) is 0 Å². The van der Waals surface area contributed by atoms with Gasteiger partial charge >= 0.3 is 0 Å². The zero-order valence-corrected chi connectivity index (χ0v) is 11.9. The van der Waals surface area contributed by atoms with Gasteiger partial charge in [0.05, 0.1) is 16.5 Å². The molecule has 0 unspecified atom stereocenters. The Morgan fingerprint density at radius 2 is 2.09 bits per heavy atom. The van der Waals surface area contributed by atoms with Crippen molar-refractivity contribution in [1.29, 1.82) is 0 Å². The fourth-order valence-electron chi connectivity index (χ4n) is 2.07. The number of hydrogen-bond acceptors (Lipinski definition) is 7. The van der Waals surface area contributed by atoms with Gasteiger partial charge in [0.2, 0.25) is 0 Å². The molecule has 0 aliphatic carbocycles. The van der Waals surface area contributed by atoms with Crippen LogP contribution in [0.5, 0.6) is 0 Å². The highest BCUT2D eigenvalue weighted by Gasteiger charge is 2.19. The van der Waals surface area contributed by atoms with Crippen LogP contribution in [0.3, 0.4) is 0 Å². The molecule has 0 aliphatic rings. The Labute approximate surface area is 129 Å². The molecule has 2 aromatic heterocycles. The number of rotatable bonds is 4. The number of carbonyl (C=O) groups is 1. The van der Waals surface area contributed by atoms with Crippen LogP contribution in [0.2, 0.25) is 0 Å². The van der Waals surface area contributed by atoms with Crippen molar-refractivity contribution < 1.29 is 9.72 Å². The van der Waals surface area contributed by atoms with Crippen LogP contribution in [0.4, 0.5) is 11.5 Å². The lowest BCUT2D eigenvalue weighted by molar-refractivity contribution is -0.385. The van der Waals surface area contributed by atoms with Crippen LogP contribution in [-0.2, 0) is 7.05 Å². The first kappa shape index (κ1) is 14.4. The molecule has 0 saturated heterocycles. The quantitative estimate of drug-likeness (QED) is 0.543. The third kappa shape index (κ3) is 2.64. The van der Waals surface area contributed by atoms with E-state index in [1.165, 1.54) is 24.5 Å². The SMILES string of the molecule is Cn1ncc2c(NNC(=O)c3ccccc3[N+](=O)[O-])ncnc21. The summed E-state index contributed by atoms with van der Waals surface area (Å²) in [7, 11) is 1.73. The van der Waals surface area contributed by atoms with Crippen LogP contribution < -0.4 is 10.9 Å². The largest absolute Gasteiger partial charge is 0.282 e. The molecule has 0 aliphatic heterocycles. The minimum Gasteiger partial charge on any atom is -0.281 e. The summed E-state index contributed by atoms with van der Waals surface area (Å²) in [4.78, 5) is 30.6. The van der Waals surface area contributed by atoms with E-state index in [0.717, 1.165) is 0 Å². The molecule has 0 radical (unpaired) electrons. The van der Waals surface area contributed by atoms with Crippen LogP contribution in [0.15, 0.2) is 36.8 Å². The van der Waals surface area contributed by atoms with Gasteiger partial charge in [-0.1, -0.05) is 12.1 Å². The minimum atomic E-state index is -0.645. The van der Waals surface area contributed by atoms with Crippen molar-refractivity contribution in [2.45, 2.75) is 0 Å². The molecule has 0 fully saturated rings. The summed E-state index contributed by atoms with van der Waals surface area (Å²) in [5, 5.41) is 15.6. The Hall–Kier alpha value is -3.56. The molecule has 23 heavy (non-hydrogen) atoms. The molecular formula is C13H11N7O3. The number of nitrogens with one attached hydrogen (secondary N) is 2. The molecule has 1 amide bonds. The van der Waals surface area contributed by atoms with E-state index in [4.69, 9.17) is 0 Å². The maximum Gasteiger partial charge on any atom is 0.282 e. The molecular weight excluding hydrogens is 302 g/mol. The summed E-state index contributed by atoms with van der Waals surface area (Å²) in [5.41, 5.74) is 5.28. The van der Waals surface area contributed by atoms with Gasteiger partial charge in [0.15, 0.2) is 11.5 Å². The van der Waals surface area contributed by atoms with E-state index in [9.17, 15) is 14.9 Å². The molecule has 0 atom stereocenters. The van der Waals surface area contributed by atoms with Gasteiger partial charge in [-0.05, 0) is 6.07 Å². The van der Waals surface area contributed by atoms with E-state index < -0.39 is 10.8 Å². The summed E-state index contributed by atoms with van der Waals surface area (Å²) in [5.74, 6) is -0.303. The fraction of sp³-hybridized carbons (Fsp3) is 0.0769. The highest BCUT2D eigenvalue weighted by Crippen LogP contribution is 2.19. The molecule has 10 heteroatoms. The Balaban J connectivity index is 1.83. The van der Waals surface area contributed by atoms with Gasteiger partial charge in [0.25, 0.3) is 11.6 Å². The van der Waals surface area contributed by atoms with E-state index in [1.54, 1.807) is 24.0 Å². The van der Waals surface area contributed by atoms with Crippen molar-refractivity contribution in [3.05, 3.63) is 52.5 Å². The van der Waals surface area contributed by atoms with Gasteiger partial charge in [-0.2, -0.15) is 5.10 Å². The van der Waals surface area contributed by atoms with Gasteiger partial charge in [-0.25, -0.2) is 9.97 Å². The second-order valence-corrected chi connectivity index (χ2v) is 4.58. The molecule has 0 saturated carbocycles. The number of carbonyl (C=O) groups excluding carboxylic acids is 1. The number of nitro groups is 1. The topological polar surface area (TPSA) is 128 Å². The lowest BCUT2D eigenvalue weighted by atomic mass is 10.2. The number of fused-ring (bicyclic) bond motifs is 1. The smallest absolute Gasteiger partial charge is 0.281 e. The zero-order valence-electron chi connectivity index (χ0n) is 11.9. The maximum atomic E-state index is 12.1. The average molecular weight is 313 g/mol. The van der Waals surface area contributed by atoms with E-state index in [1.807, 2.05) is 0 Å². The first-order valence-electron chi connectivity index (χ1n) is 6.50. The zero-order chi connectivity index (χ0) is 16.4. The fourth-order valence-corrected chi connectivity index (χ4v) is 2.07. The van der Waals surface area contributed by atoms with Crippen LogP contribution in [0.1, 0.15) is 10.4 Å². The van der Waals surface area contributed by atoms with Gasteiger partial charge in [-0.3, -0.25) is 30.4 Å². The second kappa shape index (κ2) is 5.67. The Morgan fingerprint density at radius 1 is 1.30 bits per heavy atom. The molecule has 3 aromatic rings. The molecule has 2 N–H and O–H groups in total. The number of benzene rings is 1. The van der Waals surface area contributed by atoms with E-state index >= 15 is 0 Å². The van der Waals surface area contributed by atoms with Crippen molar-refractivity contribution in [2.75, 3.05) is 5.43 Å². The number of hydrogen-bond donors (Lipinski definition) is 2. The van der Waals surface area contributed by atoms with Gasteiger partial charge in [0, 0.05) is 13.1 Å². The lowest BCUT2D eigenvalue weighted by Crippen LogP contribution is -2.30. The number of amides is 1. The monoisotopic (exact) mass is 313 g/mol. The predicted octanol–water partition coefficient (Wildman–Crippen LogP) is 1.03. The summed E-state index contributed by atoms with van der Waals surface area (Å²) >= 11 is 0. The number of hydrazine groups is 1. The van der Waals surface area contributed by atoms with Gasteiger partial charge in [0.1, 0.15) is 11.9 Å².